The third-order valence-electron chi connectivity index (χ3n) is 4.48. The summed E-state index contributed by atoms with van der Waals surface area (Å²) in [6.45, 7) is 8.02. The number of carbonyl (C=O) groups excluding carboxylic acids is 1. The Bertz CT molecular complexity index is 546. The minimum Gasteiger partial charge on any atom is -0.393 e. The Hall–Kier alpha value is -1.26. The minimum absolute atomic E-state index is 0.0349. The molecule has 2 amide bonds. The van der Waals surface area contributed by atoms with Gasteiger partial charge in [0.25, 0.3) is 0 Å². The van der Waals surface area contributed by atoms with Gasteiger partial charge < -0.3 is 15.3 Å². The lowest BCUT2D eigenvalue weighted by Gasteiger charge is -2.27. The first kappa shape index (κ1) is 18.1. The van der Waals surface area contributed by atoms with E-state index in [1.54, 1.807) is 11.8 Å². The van der Waals surface area contributed by atoms with Crippen LogP contribution in [0.4, 0.5) is 4.79 Å². The lowest BCUT2D eigenvalue weighted by atomic mass is 9.86. The number of aliphatic hydroxyl groups excluding tert-OH is 1. The minimum atomic E-state index is -0.355. The number of rotatable bonds is 5. The Morgan fingerprint density at radius 3 is 2.87 bits per heavy atom. The van der Waals surface area contributed by atoms with E-state index in [4.69, 9.17) is 11.6 Å². The molecule has 2 rings (SSSR count). The maximum Gasteiger partial charge on any atom is 0.317 e. The smallest absolute Gasteiger partial charge is 0.317 e. The van der Waals surface area contributed by atoms with Crippen LogP contribution in [-0.2, 0) is 6.42 Å². The molecule has 1 heterocycles. The van der Waals surface area contributed by atoms with Gasteiger partial charge in [-0.25, -0.2) is 4.79 Å². The van der Waals surface area contributed by atoms with E-state index >= 15 is 0 Å². The van der Waals surface area contributed by atoms with Crippen LogP contribution in [0.5, 0.6) is 0 Å². The van der Waals surface area contributed by atoms with Gasteiger partial charge >= 0.3 is 6.03 Å². The summed E-state index contributed by atoms with van der Waals surface area (Å²) in [5.74, 6) is 0.195. The van der Waals surface area contributed by atoms with E-state index in [-0.39, 0.29) is 23.5 Å². The van der Waals surface area contributed by atoms with Crippen LogP contribution in [0.2, 0.25) is 5.02 Å². The molecule has 2 unspecified atom stereocenters. The third kappa shape index (κ3) is 5.40. The number of benzene rings is 1. The lowest BCUT2D eigenvalue weighted by molar-refractivity contribution is 0.129. The highest BCUT2D eigenvalue weighted by molar-refractivity contribution is 6.30. The molecule has 0 bridgehead atoms. The van der Waals surface area contributed by atoms with Gasteiger partial charge in [-0.05, 0) is 42.9 Å². The van der Waals surface area contributed by atoms with Gasteiger partial charge in [-0.15, -0.1) is 0 Å². The second-order valence-corrected chi connectivity index (χ2v) is 7.80. The van der Waals surface area contributed by atoms with Crippen LogP contribution in [-0.4, -0.2) is 41.8 Å². The van der Waals surface area contributed by atoms with Crippen molar-refractivity contribution in [1.29, 1.82) is 0 Å². The molecule has 1 aliphatic heterocycles. The van der Waals surface area contributed by atoms with Gasteiger partial charge in [0.05, 0.1) is 6.10 Å². The second kappa shape index (κ2) is 7.54. The fourth-order valence-corrected chi connectivity index (χ4v) is 3.27. The molecular weight excluding hydrogens is 312 g/mol. The number of halogens is 1. The molecule has 0 spiro atoms. The van der Waals surface area contributed by atoms with Crippen molar-refractivity contribution in [2.24, 2.45) is 11.3 Å². The zero-order valence-corrected chi connectivity index (χ0v) is 14.9. The number of aliphatic hydroxyl groups is 1. The van der Waals surface area contributed by atoms with Crippen LogP contribution in [0.25, 0.3) is 0 Å². The molecule has 23 heavy (non-hydrogen) atoms. The number of nitrogens with zero attached hydrogens (tertiary/aromatic N) is 1. The summed E-state index contributed by atoms with van der Waals surface area (Å²) in [5, 5.41) is 13.4. The van der Waals surface area contributed by atoms with Crippen molar-refractivity contribution in [2.45, 2.75) is 39.7 Å². The zero-order valence-electron chi connectivity index (χ0n) is 14.2. The molecule has 0 radical (unpaired) electrons. The highest BCUT2D eigenvalue weighted by atomic mass is 35.5. The van der Waals surface area contributed by atoms with Crippen LogP contribution in [0.3, 0.4) is 0 Å². The maximum atomic E-state index is 12.3. The molecule has 2 atom stereocenters. The van der Waals surface area contributed by atoms with E-state index in [0.29, 0.717) is 13.1 Å². The van der Waals surface area contributed by atoms with Crippen LogP contribution >= 0.6 is 11.6 Å². The predicted molar refractivity (Wildman–Crippen MR) is 93.7 cm³/mol. The summed E-state index contributed by atoms with van der Waals surface area (Å²) in [4.78, 5) is 14.1. The van der Waals surface area contributed by atoms with Crippen molar-refractivity contribution in [3.63, 3.8) is 0 Å². The second-order valence-electron chi connectivity index (χ2n) is 7.36. The summed E-state index contributed by atoms with van der Waals surface area (Å²) < 4.78 is 0. The van der Waals surface area contributed by atoms with Crippen molar-refractivity contribution >= 4 is 17.6 Å². The molecule has 1 aliphatic rings. The molecule has 5 heteroatoms. The normalized spacial score (nSPS) is 19.7. The van der Waals surface area contributed by atoms with Crippen molar-refractivity contribution in [3.8, 4) is 0 Å². The molecule has 128 valence electrons. The molecule has 0 saturated carbocycles. The topological polar surface area (TPSA) is 52.6 Å². The molecule has 2 N–H and O–H groups in total. The Labute approximate surface area is 143 Å². The van der Waals surface area contributed by atoms with E-state index in [1.807, 2.05) is 18.2 Å². The first-order valence-electron chi connectivity index (χ1n) is 8.22. The van der Waals surface area contributed by atoms with Crippen molar-refractivity contribution in [3.05, 3.63) is 34.9 Å². The summed E-state index contributed by atoms with van der Waals surface area (Å²) >= 11 is 6.03. The highest BCUT2D eigenvalue weighted by Gasteiger charge is 2.29. The van der Waals surface area contributed by atoms with Crippen LogP contribution in [0.15, 0.2) is 24.3 Å². The van der Waals surface area contributed by atoms with Crippen molar-refractivity contribution in [2.75, 3.05) is 19.6 Å². The van der Waals surface area contributed by atoms with Gasteiger partial charge in [0, 0.05) is 30.6 Å². The lowest BCUT2D eigenvalue weighted by Crippen LogP contribution is -2.43. The fraction of sp³-hybridized carbons (Fsp3) is 0.611. The van der Waals surface area contributed by atoms with Gasteiger partial charge in [0.15, 0.2) is 0 Å². The van der Waals surface area contributed by atoms with Gasteiger partial charge in [-0.1, -0.05) is 37.6 Å². The summed E-state index contributed by atoms with van der Waals surface area (Å²) in [6, 6.07) is 7.81. The fourth-order valence-electron chi connectivity index (χ4n) is 3.05. The molecule has 0 aromatic heterocycles. The van der Waals surface area contributed by atoms with E-state index in [1.165, 1.54) is 5.56 Å². The van der Waals surface area contributed by atoms with Crippen LogP contribution in [0.1, 0.15) is 32.8 Å². The largest absolute Gasteiger partial charge is 0.393 e. The number of urea groups is 1. The summed E-state index contributed by atoms with van der Waals surface area (Å²) in [5.41, 5.74) is 1.12. The predicted octanol–water partition coefficient (Wildman–Crippen LogP) is 3.32. The zero-order chi connectivity index (χ0) is 17.0. The standard InChI is InChI=1S/C18H27ClN2O2/c1-13(22)15-7-8-21(11-15)17(23)20-12-18(2,3)10-14-5-4-6-16(19)9-14/h4-6,9,13,15,22H,7-8,10-12H2,1-3H3,(H,20,23). The van der Waals surface area contributed by atoms with E-state index in [0.717, 1.165) is 24.4 Å². The van der Waals surface area contributed by atoms with Gasteiger partial charge in [-0.3, -0.25) is 0 Å². The Balaban J connectivity index is 1.83. The third-order valence-corrected chi connectivity index (χ3v) is 4.72. The van der Waals surface area contributed by atoms with E-state index in [2.05, 4.69) is 25.2 Å². The van der Waals surface area contributed by atoms with E-state index < -0.39 is 0 Å². The molecular formula is C18H27ClN2O2. The first-order valence-corrected chi connectivity index (χ1v) is 8.60. The Morgan fingerprint density at radius 2 is 2.26 bits per heavy atom. The summed E-state index contributed by atoms with van der Waals surface area (Å²) in [6.07, 6.45) is 1.37. The molecule has 0 aliphatic carbocycles. The number of likely N-dealkylation sites (tertiary alicyclic amines) is 1. The number of hydrogen-bond acceptors (Lipinski definition) is 2. The monoisotopic (exact) mass is 338 g/mol. The SMILES string of the molecule is CC(O)C1CCN(C(=O)NCC(C)(C)Cc2cccc(Cl)c2)C1. The van der Waals surface area contributed by atoms with Crippen LogP contribution < -0.4 is 5.32 Å². The first-order chi connectivity index (χ1) is 10.8. The molecule has 1 aromatic carbocycles. The number of nitrogens with one attached hydrogen (secondary N) is 1. The van der Waals surface area contributed by atoms with Gasteiger partial charge in [0.1, 0.15) is 0 Å². The van der Waals surface area contributed by atoms with Crippen molar-refractivity contribution in [1.82, 2.24) is 10.2 Å². The quantitative estimate of drug-likeness (QED) is 0.865. The Kier molecular flexibility index (Phi) is 5.93. The molecule has 4 nitrogen and oxygen atoms in total. The van der Waals surface area contributed by atoms with Crippen molar-refractivity contribution < 1.29 is 9.90 Å². The van der Waals surface area contributed by atoms with Crippen LogP contribution in [0, 0.1) is 11.3 Å². The average molecular weight is 339 g/mol. The van der Waals surface area contributed by atoms with Gasteiger partial charge in [-0.2, -0.15) is 0 Å². The number of hydrogen-bond donors (Lipinski definition) is 2. The average Bonchev–Trinajstić information content (AvgIpc) is 2.94. The molecule has 1 fully saturated rings. The van der Waals surface area contributed by atoms with Gasteiger partial charge in [0.2, 0.25) is 0 Å². The molecule has 1 aromatic rings. The van der Waals surface area contributed by atoms with E-state index in [9.17, 15) is 9.90 Å². The summed E-state index contributed by atoms with van der Waals surface area (Å²) in [7, 11) is 0. The molecule has 1 saturated heterocycles. The number of carbonyl (C=O) groups is 1. The maximum absolute atomic E-state index is 12.3. The highest BCUT2D eigenvalue weighted by Crippen LogP contribution is 2.24. The number of amides is 2. The Morgan fingerprint density at radius 1 is 1.52 bits per heavy atom.